The van der Waals surface area contributed by atoms with Gasteiger partial charge in [-0.15, -0.1) is 0 Å². The van der Waals surface area contributed by atoms with Gasteiger partial charge in [0, 0.05) is 1.43 Å². The first-order valence-electron chi connectivity index (χ1n) is 6.76. The molecule has 1 aliphatic heterocycles. The zero-order valence-electron chi connectivity index (χ0n) is 13.0. The summed E-state index contributed by atoms with van der Waals surface area (Å²) in [6.07, 6.45) is 0. The monoisotopic (exact) mass is 280 g/mol. The quantitative estimate of drug-likeness (QED) is 0.487. The number of benzene rings is 1. The lowest BCUT2D eigenvalue weighted by atomic mass is 9.95. The Hall–Kier alpha value is -1.91. The number of fused-ring (bicyclic) bond motifs is 1. The lowest BCUT2D eigenvalue weighted by Crippen LogP contribution is -2.55. The van der Waals surface area contributed by atoms with Gasteiger partial charge >= 0.3 is 0 Å². The third-order valence-electron chi connectivity index (χ3n) is 3.09. The van der Waals surface area contributed by atoms with E-state index in [1.54, 1.807) is 18.7 Å². The molecule has 0 bridgehead atoms. The molecule has 5 heteroatoms. The second-order valence-corrected chi connectivity index (χ2v) is 5.14. The lowest BCUT2D eigenvalue weighted by molar-refractivity contribution is 0.625. The molecule has 1 aliphatic rings. The minimum Gasteiger partial charge on any atom is -0.371 e. The molecule has 1 aromatic carbocycles. The van der Waals surface area contributed by atoms with Gasteiger partial charge in [0.15, 0.2) is 0 Å². The van der Waals surface area contributed by atoms with E-state index in [0.717, 1.165) is 0 Å². The first kappa shape index (κ1) is 16.1. The summed E-state index contributed by atoms with van der Waals surface area (Å²) in [7, 11) is 0. The van der Waals surface area contributed by atoms with Crippen molar-refractivity contribution in [3.63, 3.8) is 0 Å². The van der Waals surface area contributed by atoms with Crippen LogP contribution in [-0.2, 0) is 0 Å². The summed E-state index contributed by atoms with van der Waals surface area (Å²) in [5, 5.41) is 19.2. The fourth-order valence-corrected chi connectivity index (χ4v) is 2.25. The first-order chi connectivity index (χ1) is 9.24. The molecule has 3 N–H and O–H groups in total. The van der Waals surface area contributed by atoms with Gasteiger partial charge in [-0.05, 0) is 45.4 Å². The van der Waals surface area contributed by atoms with Gasteiger partial charge in [0.05, 0.1) is 16.9 Å². The van der Waals surface area contributed by atoms with E-state index in [1.807, 2.05) is 27.7 Å². The molecule has 20 heavy (non-hydrogen) atoms. The van der Waals surface area contributed by atoms with Gasteiger partial charge < -0.3 is 5.32 Å². The van der Waals surface area contributed by atoms with Crippen LogP contribution in [0.25, 0.3) is 0 Å². The number of nitrogens with zero attached hydrogens (tertiary/aromatic N) is 1. The van der Waals surface area contributed by atoms with E-state index in [-0.39, 0.29) is 18.9 Å². The summed E-state index contributed by atoms with van der Waals surface area (Å²) in [5.41, 5.74) is 1.40. The van der Waals surface area contributed by atoms with Crippen molar-refractivity contribution in [1.29, 1.82) is 10.8 Å². The molecule has 0 atom stereocenters. The van der Waals surface area contributed by atoms with Crippen LogP contribution in [-0.4, -0.2) is 17.2 Å². The number of amidine groups is 2. The summed E-state index contributed by atoms with van der Waals surface area (Å²) in [6, 6.07) is 2.83. The van der Waals surface area contributed by atoms with Gasteiger partial charge in [-0.3, -0.25) is 15.7 Å². The SMILES string of the molecule is CC.CC(=N)N1C(=N)C(C)(C)Nc2cc(F)cc(C)c21.[HH]. The van der Waals surface area contributed by atoms with Crippen molar-refractivity contribution in [3.05, 3.63) is 23.5 Å². The highest BCUT2D eigenvalue weighted by molar-refractivity contribution is 6.23. The zero-order chi connectivity index (χ0) is 15.7. The topological polar surface area (TPSA) is 63.0 Å². The van der Waals surface area contributed by atoms with Crippen molar-refractivity contribution >= 4 is 23.0 Å². The van der Waals surface area contributed by atoms with Crippen LogP contribution in [0.3, 0.4) is 0 Å². The summed E-state index contributed by atoms with van der Waals surface area (Å²) in [5.74, 6) is 0.230. The molecule has 0 aliphatic carbocycles. The molecule has 0 amide bonds. The molecular weight excluding hydrogens is 255 g/mol. The fraction of sp³-hybridized carbons (Fsp3) is 0.467. The van der Waals surface area contributed by atoms with Crippen molar-refractivity contribution < 1.29 is 5.82 Å². The van der Waals surface area contributed by atoms with Crippen molar-refractivity contribution in [3.8, 4) is 0 Å². The van der Waals surface area contributed by atoms with E-state index in [4.69, 9.17) is 10.8 Å². The number of hydrogen-bond acceptors (Lipinski definition) is 3. The molecule has 0 fully saturated rings. The minimum atomic E-state index is -0.629. The Balaban J connectivity index is 0.00000128. The molecule has 0 saturated heterocycles. The lowest BCUT2D eigenvalue weighted by Gasteiger charge is -2.42. The van der Waals surface area contributed by atoms with Crippen LogP contribution in [0.15, 0.2) is 12.1 Å². The Kier molecular flexibility index (Phi) is 4.53. The molecule has 0 spiro atoms. The molecule has 1 heterocycles. The Morgan fingerprint density at radius 3 is 2.40 bits per heavy atom. The molecule has 112 valence electrons. The summed E-state index contributed by atoms with van der Waals surface area (Å²) in [4.78, 5) is 1.56. The fourth-order valence-electron chi connectivity index (χ4n) is 2.25. The molecule has 0 aromatic heterocycles. The highest BCUT2D eigenvalue weighted by atomic mass is 19.1. The van der Waals surface area contributed by atoms with E-state index in [9.17, 15) is 4.39 Å². The Morgan fingerprint density at radius 1 is 1.35 bits per heavy atom. The van der Waals surface area contributed by atoms with Crippen LogP contribution in [0.2, 0.25) is 0 Å². The van der Waals surface area contributed by atoms with Crippen molar-refractivity contribution in [2.24, 2.45) is 0 Å². The molecule has 0 unspecified atom stereocenters. The molecule has 4 nitrogen and oxygen atoms in total. The highest BCUT2D eigenvalue weighted by Crippen LogP contribution is 2.38. The molecule has 2 rings (SSSR count). The predicted molar refractivity (Wildman–Crippen MR) is 85.9 cm³/mol. The summed E-state index contributed by atoms with van der Waals surface area (Å²) < 4.78 is 13.5. The standard InChI is InChI=1S/C13H17FN4.C2H6.H2/c1-7-5-9(14)6-10-11(7)18(8(2)15)12(16)13(3,4)17-10;1-2;/h5-6,15-17H,1-4H3;1-2H3;1H. The van der Waals surface area contributed by atoms with E-state index < -0.39 is 5.54 Å². The maximum atomic E-state index is 13.5. The maximum absolute atomic E-state index is 13.5. The van der Waals surface area contributed by atoms with Gasteiger partial charge in [0.2, 0.25) is 0 Å². The largest absolute Gasteiger partial charge is 0.371 e. The van der Waals surface area contributed by atoms with Gasteiger partial charge in [-0.2, -0.15) is 0 Å². The number of anilines is 2. The van der Waals surface area contributed by atoms with Crippen molar-refractivity contribution in [2.45, 2.75) is 47.1 Å². The van der Waals surface area contributed by atoms with Crippen LogP contribution < -0.4 is 10.2 Å². The van der Waals surface area contributed by atoms with Gasteiger partial charge in [0.1, 0.15) is 17.5 Å². The van der Waals surface area contributed by atoms with Crippen LogP contribution in [0.5, 0.6) is 0 Å². The number of nitrogens with one attached hydrogen (secondary N) is 3. The predicted octanol–water partition coefficient (Wildman–Crippen LogP) is 4.39. The Labute approximate surface area is 121 Å². The minimum absolute atomic E-state index is 0. The van der Waals surface area contributed by atoms with Crippen LogP contribution >= 0.6 is 0 Å². The van der Waals surface area contributed by atoms with Crippen LogP contribution in [0.1, 0.15) is 41.6 Å². The van der Waals surface area contributed by atoms with Crippen LogP contribution in [0.4, 0.5) is 15.8 Å². The zero-order valence-corrected chi connectivity index (χ0v) is 13.0. The van der Waals surface area contributed by atoms with Gasteiger partial charge in [-0.1, -0.05) is 13.8 Å². The first-order valence-corrected chi connectivity index (χ1v) is 6.76. The molecule has 0 radical (unpaired) electrons. The maximum Gasteiger partial charge on any atom is 0.132 e. The number of hydrogen-bond donors (Lipinski definition) is 3. The average Bonchev–Trinajstić information content (AvgIpc) is 2.33. The second kappa shape index (κ2) is 5.61. The third-order valence-corrected chi connectivity index (χ3v) is 3.09. The normalized spacial score (nSPS) is 15.8. The van der Waals surface area contributed by atoms with Crippen molar-refractivity contribution in [1.82, 2.24) is 0 Å². The Bertz CT molecular complexity index is 555. The highest BCUT2D eigenvalue weighted by Gasteiger charge is 2.37. The van der Waals surface area contributed by atoms with E-state index >= 15 is 0 Å². The number of aryl methyl sites for hydroxylation is 1. The molecular formula is C15H25FN4. The number of halogens is 1. The second-order valence-electron chi connectivity index (χ2n) is 5.14. The smallest absolute Gasteiger partial charge is 0.132 e. The van der Waals surface area contributed by atoms with E-state index in [0.29, 0.717) is 16.9 Å². The summed E-state index contributed by atoms with van der Waals surface area (Å²) >= 11 is 0. The van der Waals surface area contributed by atoms with Crippen molar-refractivity contribution in [2.75, 3.05) is 10.2 Å². The molecule has 0 saturated carbocycles. The van der Waals surface area contributed by atoms with E-state index in [2.05, 4.69) is 5.32 Å². The van der Waals surface area contributed by atoms with Crippen LogP contribution in [0, 0.1) is 23.6 Å². The van der Waals surface area contributed by atoms with Gasteiger partial charge in [-0.25, -0.2) is 4.39 Å². The Morgan fingerprint density at radius 2 is 1.90 bits per heavy atom. The average molecular weight is 280 g/mol. The third kappa shape index (κ3) is 2.66. The van der Waals surface area contributed by atoms with E-state index in [1.165, 1.54) is 12.1 Å². The summed E-state index contributed by atoms with van der Waals surface area (Å²) in [6.45, 7) is 11.1. The number of rotatable bonds is 0. The molecule has 1 aromatic rings. The van der Waals surface area contributed by atoms with Gasteiger partial charge in [0.25, 0.3) is 0 Å².